The second-order valence-electron chi connectivity index (χ2n) is 0. The van der Waals surface area contributed by atoms with E-state index in [0.717, 1.165) is 0 Å². The molecule has 3 nitrogen and oxygen atoms in total. The van der Waals surface area contributed by atoms with Crippen LogP contribution in [-0.4, -0.2) is 0 Å². The van der Waals surface area contributed by atoms with Crippen LogP contribution in [0, 0.1) is 5.46 Å². The van der Waals surface area contributed by atoms with Gasteiger partial charge in [-0.05, 0) is 0 Å². The van der Waals surface area contributed by atoms with Crippen molar-refractivity contribution in [2.75, 3.05) is 0 Å². The SMILES string of the molecule is N#[O+].[Br][Ru].[NH2-]. The Morgan fingerprint density at radius 2 is 1.40 bits per heavy atom. The van der Waals surface area contributed by atoms with Crippen LogP contribution in [-0.2, 0) is 21.1 Å². The van der Waals surface area contributed by atoms with Crippen LogP contribution in [0.3, 0.4) is 0 Å². The van der Waals surface area contributed by atoms with E-state index in [1.165, 1.54) is 0 Å². The van der Waals surface area contributed by atoms with Gasteiger partial charge in [-0.3, -0.25) is 0 Å². The Labute approximate surface area is 46.6 Å². The molecule has 0 saturated heterocycles. The first-order valence-electron chi connectivity index (χ1n) is 0.316. The van der Waals surface area contributed by atoms with Gasteiger partial charge in [0.25, 0.3) is 0 Å². The van der Waals surface area contributed by atoms with E-state index in [1.54, 1.807) is 0 Å². The molecule has 5 heteroatoms. The van der Waals surface area contributed by atoms with Gasteiger partial charge in [0.1, 0.15) is 0 Å². The Balaban J connectivity index is -0.0000000133. The van der Waals surface area contributed by atoms with Gasteiger partial charge in [0.15, 0.2) is 0 Å². The van der Waals surface area contributed by atoms with Gasteiger partial charge in [-0.2, -0.15) is 0 Å². The van der Waals surface area contributed by atoms with Crippen LogP contribution in [0.5, 0.6) is 0 Å². The van der Waals surface area contributed by atoms with E-state index in [9.17, 15) is 0 Å². The van der Waals surface area contributed by atoms with Gasteiger partial charge in [0, 0.05) is 0 Å². The van der Waals surface area contributed by atoms with Crippen molar-refractivity contribution in [2.45, 2.75) is 0 Å². The van der Waals surface area contributed by atoms with Gasteiger partial charge < -0.3 is 6.15 Å². The molecule has 0 atom stereocenters. The summed E-state index contributed by atoms with van der Waals surface area (Å²) in [7, 11) is 0. The van der Waals surface area contributed by atoms with Crippen molar-refractivity contribution in [1.29, 1.82) is 5.46 Å². The van der Waals surface area contributed by atoms with E-state index in [-0.39, 0.29) is 6.15 Å². The first-order valence-corrected chi connectivity index (χ1v) is 4.29. The molecule has 0 aliphatic carbocycles. The minimum absolute atomic E-state index is 0. The van der Waals surface area contributed by atoms with E-state index in [1.807, 2.05) is 0 Å². The number of rotatable bonds is 0. The Hall–Kier alpha value is 0.733. The summed E-state index contributed by atoms with van der Waals surface area (Å²) in [5, 5.41) is 0. The zero-order valence-corrected chi connectivity index (χ0v) is 5.49. The molecule has 0 saturated carbocycles. The first-order chi connectivity index (χ1) is 2.00. The Bertz CT molecular complexity index is 14.4. The summed E-state index contributed by atoms with van der Waals surface area (Å²) >= 11 is 5.03. The largest absolute Gasteiger partial charge is 0.693 e. The van der Waals surface area contributed by atoms with Gasteiger partial charge >= 0.3 is 40.2 Å². The Morgan fingerprint density at radius 1 is 1.40 bits per heavy atom. The minimum Gasteiger partial charge on any atom is -0.693 e. The molecule has 0 aliphatic heterocycles. The smallest absolute Gasteiger partial charge is 0.693 e. The third-order valence-electron chi connectivity index (χ3n) is 0. The van der Waals surface area contributed by atoms with Crippen LogP contribution in [0.1, 0.15) is 0 Å². The monoisotopic (exact) mass is 227 g/mol. The van der Waals surface area contributed by atoms with Crippen molar-refractivity contribution in [3.63, 3.8) is 0 Å². The summed E-state index contributed by atoms with van der Waals surface area (Å²) in [6.07, 6.45) is 0. The summed E-state index contributed by atoms with van der Waals surface area (Å²) < 4.78 is 7.25. The molecule has 33 valence electrons. The second kappa shape index (κ2) is 123. The number of nitrogens with zero attached hydrogens (tertiary/aromatic N) is 1. The topological polar surface area (TPSA) is 77.2 Å². The van der Waals surface area contributed by atoms with Crippen LogP contribution < -0.4 is 0 Å². The maximum Gasteiger partial charge on any atom is -0.693 e. The molecule has 0 amide bonds. The van der Waals surface area contributed by atoms with Crippen molar-refractivity contribution in [3.8, 4) is 0 Å². The summed E-state index contributed by atoms with van der Waals surface area (Å²) in [5.74, 6) is 0. The molecule has 0 bridgehead atoms. The normalized spacial score (nSPS) is 1.60. The molecule has 0 heterocycles. The second-order valence-corrected chi connectivity index (χ2v) is 0. The van der Waals surface area contributed by atoms with Crippen molar-refractivity contribution in [1.82, 2.24) is 0 Å². The fourth-order valence-corrected chi connectivity index (χ4v) is 0. The van der Waals surface area contributed by atoms with Gasteiger partial charge in [0.05, 0.1) is 0 Å². The molecule has 0 aromatic carbocycles. The van der Waals surface area contributed by atoms with Crippen molar-refractivity contribution in [3.05, 3.63) is 6.15 Å². The third-order valence-corrected chi connectivity index (χ3v) is 0. The number of nitrogens with two attached hydrogens (primary N) is 1. The van der Waals surface area contributed by atoms with Crippen molar-refractivity contribution >= 4 is 13.6 Å². The van der Waals surface area contributed by atoms with Crippen LogP contribution >= 0.6 is 13.6 Å². The third kappa shape index (κ3) is 65.8. The van der Waals surface area contributed by atoms with Crippen LogP contribution in [0.2, 0.25) is 0 Å². The Morgan fingerprint density at radius 3 is 1.40 bits per heavy atom. The quantitative estimate of drug-likeness (QED) is 0.455. The zero-order chi connectivity index (χ0) is 4.00. The van der Waals surface area contributed by atoms with E-state index < -0.39 is 0 Å². The average Bonchev–Trinajstić information content (AvgIpc) is 1.50. The molecule has 0 aliphatic rings. The molecule has 0 fully saturated rings. The molecule has 0 radical (unpaired) electrons. The average molecular weight is 227 g/mol. The summed E-state index contributed by atoms with van der Waals surface area (Å²) in [6, 6.07) is 0. The fourth-order valence-electron chi connectivity index (χ4n) is 0. The van der Waals surface area contributed by atoms with Crippen LogP contribution in [0.25, 0.3) is 6.15 Å². The first kappa shape index (κ1) is 17.2. The molecule has 0 aromatic heterocycles. The predicted octanol–water partition coefficient (Wildman–Crippen LogP) is 1.46. The van der Waals surface area contributed by atoms with Crippen LogP contribution in [0.15, 0.2) is 0 Å². The van der Waals surface area contributed by atoms with Crippen molar-refractivity contribution in [2.24, 2.45) is 0 Å². The summed E-state index contributed by atoms with van der Waals surface area (Å²) in [6.45, 7) is 0. The van der Waals surface area contributed by atoms with E-state index in [0.29, 0.717) is 0 Å². The summed E-state index contributed by atoms with van der Waals surface area (Å²) in [4.78, 5) is 0. The van der Waals surface area contributed by atoms with E-state index >= 15 is 0 Å². The zero-order valence-electron chi connectivity index (χ0n) is 2.16. The number of hydrogen-bond acceptors (Lipinski definition) is 1. The molecule has 2 N–H and O–H groups in total. The molecule has 0 aromatic rings. The number of hydrogen-bond donors (Lipinski definition) is 0. The summed E-state index contributed by atoms with van der Waals surface area (Å²) in [5.41, 5.74) is 5.75. The maximum absolute atomic E-state index is 7.25. The maximum atomic E-state index is 7.25. The molecule has 0 rings (SSSR count). The van der Waals surface area contributed by atoms with Crippen molar-refractivity contribution < 1.29 is 21.1 Å². The molecule has 0 spiro atoms. The van der Waals surface area contributed by atoms with Crippen LogP contribution in [0.4, 0.5) is 0 Å². The standard InChI is InChI=1S/BrH.NO.H2N.Ru/c;1-2;;/h1H;;1H2;/q;+1;-1;+1/p-1. The molecule has 5 heavy (non-hydrogen) atoms. The van der Waals surface area contributed by atoms with E-state index in [2.05, 4.69) is 30.0 Å². The molecular formula is H2BrN2ORu. The number of halogens is 1. The Kier molecular flexibility index (Phi) is 422. The predicted molar refractivity (Wildman–Crippen MR) is 16.6 cm³/mol. The molecular weight excluding hydrogens is 225 g/mol. The van der Waals surface area contributed by atoms with E-state index in [4.69, 9.17) is 10.2 Å². The minimum atomic E-state index is 0. The van der Waals surface area contributed by atoms with Gasteiger partial charge in [-0.15, -0.1) is 0 Å². The van der Waals surface area contributed by atoms with Gasteiger partial charge in [-0.25, -0.2) is 0 Å². The fraction of sp³-hybridized carbons (Fsp3) is 0. The molecule has 0 unspecified atom stereocenters. The van der Waals surface area contributed by atoms with Gasteiger partial charge in [-0.1, -0.05) is 0 Å². The van der Waals surface area contributed by atoms with Gasteiger partial charge in [0.2, 0.25) is 0 Å².